The monoisotopic (exact) mass is 301 g/mol. The third-order valence-electron chi connectivity index (χ3n) is 2.85. The van der Waals surface area contributed by atoms with Crippen LogP contribution in [0.1, 0.15) is 18.9 Å². The number of carbonyl (C=O) groups excluding carboxylic acids is 1. The predicted octanol–water partition coefficient (Wildman–Crippen LogP) is 1.77. The Balaban J connectivity index is 2.24. The van der Waals surface area contributed by atoms with E-state index in [4.69, 9.17) is 0 Å². The van der Waals surface area contributed by atoms with E-state index in [0.29, 0.717) is 11.0 Å². The Morgan fingerprint density at radius 1 is 1.43 bits per heavy atom. The molecule has 2 aromatic rings. The van der Waals surface area contributed by atoms with Crippen LogP contribution in [0.25, 0.3) is 11.0 Å². The number of hydrogen-bond acceptors (Lipinski definition) is 3. The number of fused-ring (bicyclic) bond motifs is 1. The lowest BCUT2D eigenvalue weighted by atomic mass is 10.3. The summed E-state index contributed by atoms with van der Waals surface area (Å²) in [5.74, 6) is -0.560. The molecule has 0 radical (unpaired) electrons. The summed E-state index contributed by atoms with van der Waals surface area (Å²) in [5.41, 5.74) is 1.15. The van der Waals surface area contributed by atoms with Gasteiger partial charge in [-0.1, -0.05) is 12.1 Å². The summed E-state index contributed by atoms with van der Waals surface area (Å²) in [7, 11) is 0. The van der Waals surface area contributed by atoms with Gasteiger partial charge in [0, 0.05) is 0 Å². The van der Waals surface area contributed by atoms with Crippen LogP contribution in [0.4, 0.5) is 13.2 Å². The second-order valence-corrected chi connectivity index (χ2v) is 4.61. The Morgan fingerprint density at radius 2 is 2.10 bits per heavy atom. The topological polar surface area (TPSA) is 67.2 Å². The maximum absolute atomic E-state index is 12.1. The standard InChI is InChI=1S/C13H14F3N3O2/c1-8(20)12-18-9-4-2-3-5-10(9)19(12)6-11(21)17-7-13(14,15)16/h2-5,8,20H,6-7H2,1H3,(H,17,21). The summed E-state index contributed by atoms with van der Waals surface area (Å²) in [6, 6.07) is 6.85. The average Bonchev–Trinajstić information content (AvgIpc) is 2.75. The fraction of sp³-hybridized carbons (Fsp3) is 0.385. The maximum atomic E-state index is 12.1. The molecule has 2 N–H and O–H groups in total. The van der Waals surface area contributed by atoms with Gasteiger partial charge in [0.15, 0.2) is 0 Å². The average molecular weight is 301 g/mol. The van der Waals surface area contributed by atoms with E-state index < -0.39 is 24.7 Å². The zero-order chi connectivity index (χ0) is 15.6. The van der Waals surface area contributed by atoms with Crippen LogP contribution in [0.2, 0.25) is 0 Å². The van der Waals surface area contributed by atoms with Crippen molar-refractivity contribution in [2.24, 2.45) is 0 Å². The lowest BCUT2D eigenvalue weighted by molar-refractivity contribution is -0.138. The van der Waals surface area contributed by atoms with Gasteiger partial charge in [0.1, 0.15) is 25.0 Å². The van der Waals surface area contributed by atoms with Crippen LogP contribution in [0.5, 0.6) is 0 Å². The number of nitrogens with zero attached hydrogens (tertiary/aromatic N) is 2. The summed E-state index contributed by atoms with van der Waals surface area (Å²) < 4.78 is 37.7. The van der Waals surface area contributed by atoms with Crippen LogP contribution >= 0.6 is 0 Å². The van der Waals surface area contributed by atoms with E-state index in [2.05, 4.69) is 4.98 Å². The van der Waals surface area contributed by atoms with Gasteiger partial charge < -0.3 is 15.0 Å². The number of imidazole rings is 1. The minimum atomic E-state index is -4.46. The molecule has 21 heavy (non-hydrogen) atoms. The normalized spacial score (nSPS) is 13.4. The van der Waals surface area contributed by atoms with Gasteiger partial charge in [0.05, 0.1) is 11.0 Å². The molecule has 1 unspecified atom stereocenters. The molecule has 0 saturated heterocycles. The van der Waals surface area contributed by atoms with Crippen LogP contribution in [0.3, 0.4) is 0 Å². The Morgan fingerprint density at radius 3 is 2.71 bits per heavy atom. The lowest BCUT2D eigenvalue weighted by Crippen LogP contribution is -2.36. The van der Waals surface area contributed by atoms with Crippen molar-refractivity contribution in [1.82, 2.24) is 14.9 Å². The van der Waals surface area contributed by atoms with E-state index in [1.54, 1.807) is 29.6 Å². The highest BCUT2D eigenvalue weighted by Gasteiger charge is 2.28. The number of benzene rings is 1. The van der Waals surface area contributed by atoms with E-state index in [0.717, 1.165) is 0 Å². The van der Waals surface area contributed by atoms with Gasteiger partial charge in [-0.3, -0.25) is 4.79 Å². The van der Waals surface area contributed by atoms with E-state index in [1.165, 1.54) is 11.5 Å². The quantitative estimate of drug-likeness (QED) is 0.904. The van der Waals surface area contributed by atoms with Gasteiger partial charge >= 0.3 is 6.18 Å². The molecule has 0 aliphatic carbocycles. The van der Waals surface area contributed by atoms with Crippen molar-refractivity contribution >= 4 is 16.9 Å². The maximum Gasteiger partial charge on any atom is 0.405 e. The van der Waals surface area contributed by atoms with Crippen LogP contribution in [-0.4, -0.2) is 33.3 Å². The number of aliphatic hydroxyl groups excluding tert-OH is 1. The zero-order valence-corrected chi connectivity index (χ0v) is 11.2. The summed E-state index contributed by atoms with van der Waals surface area (Å²) in [4.78, 5) is 15.8. The first-order valence-corrected chi connectivity index (χ1v) is 6.24. The number of para-hydroxylation sites is 2. The number of hydrogen-bond donors (Lipinski definition) is 2. The van der Waals surface area contributed by atoms with Gasteiger partial charge in [-0.05, 0) is 19.1 Å². The number of nitrogens with one attached hydrogen (secondary N) is 1. The second-order valence-electron chi connectivity index (χ2n) is 4.61. The minimum Gasteiger partial charge on any atom is -0.385 e. The molecule has 0 saturated carbocycles. The van der Waals surface area contributed by atoms with Gasteiger partial charge in [-0.25, -0.2) is 4.98 Å². The Hall–Kier alpha value is -2.09. The van der Waals surface area contributed by atoms with Crippen LogP contribution < -0.4 is 5.32 Å². The molecule has 8 heteroatoms. The Kier molecular flexibility index (Phi) is 4.17. The molecule has 0 bridgehead atoms. The minimum absolute atomic E-state index is 0.235. The van der Waals surface area contributed by atoms with E-state index in [1.807, 2.05) is 0 Å². The lowest BCUT2D eigenvalue weighted by Gasteiger charge is -2.12. The molecular weight excluding hydrogens is 287 g/mol. The van der Waals surface area contributed by atoms with Crippen molar-refractivity contribution in [3.8, 4) is 0 Å². The van der Waals surface area contributed by atoms with Crippen molar-refractivity contribution in [1.29, 1.82) is 0 Å². The first-order valence-electron chi connectivity index (χ1n) is 6.24. The van der Waals surface area contributed by atoms with Crippen molar-refractivity contribution in [2.45, 2.75) is 25.7 Å². The third kappa shape index (κ3) is 3.72. The summed E-state index contributed by atoms with van der Waals surface area (Å²) >= 11 is 0. The molecule has 1 atom stereocenters. The molecule has 0 aliphatic rings. The van der Waals surface area contributed by atoms with Crippen molar-refractivity contribution in [3.63, 3.8) is 0 Å². The summed E-state index contributed by atoms with van der Waals surface area (Å²) in [5, 5.41) is 11.5. The fourth-order valence-electron chi connectivity index (χ4n) is 1.98. The van der Waals surface area contributed by atoms with E-state index >= 15 is 0 Å². The number of amides is 1. The molecule has 2 rings (SSSR count). The molecule has 1 aromatic carbocycles. The van der Waals surface area contributed by atoms with Gasteiger partial charge in [-0.2, -0.15) is 13.2 Å². The first-order chi connectivity index (χ1) is 9.78. The third-order valence-corrected chi connectivity index (χ3v) is 2.85. The largest absolute Gasteiger partial charge is 0.405 e. The smallest absolute Gasteiger partial charge is 0.385 e. The van der Waals surface area contributed by atoms with Crippen molar-refractivity contribution in [3.05, 3.63) is 30.1 Å². The first kappa shape index (κ1) is 15.3. The highest BCUT2D eigenvalue weighted by molar-refractivity contribution is 5.81. The molecule has 1 amide bonds. The highest BCUT2D eigenvalue weighted by Crippen LogP contribution is 2.20. The number of alkyl halides is 3. The number of rotatable bonds is 4. The zero-order valence-electron chi connectivity index (χ0n) is 11.2. The predicted molar refractivity (Wildman–Crippen MR) is 69.4 cm³/mol. The highest BCUT2D eigenvalue weighted by atomic mass is 19.4. The number of halogens is 3. The van der Waals surface area contributed by atoms with Crippen LogP contribution in [0.15, 0.2) is 24.3 Å². The summed E-state index contributed by atoms with van der Waals surface area (Å²) in [6.07, 6.45) is -5.40. The van der Waals surface area contributed by atoms with Gasteiger partial charge in [0.2, 0.25) is 5.91 Å². The molecule has 0 spiro atoms. The SMILES string of the molecule is CC(O)c1nc2ccccc2n1CC(=O)NCC(F)(F)F. The molecule has 114 valence electrons. The van der Waals surface area contributed by atoms with Crippen molar-refractivity contribution < 1.29 is 23.1 Å². The van der Waals surface area contributed by atoms with Gasteiger partial charge in [0.25, 0.3) is 0 Å². The molecular formula is C13H14F3N3O2. The van der Waals surface area contributed by atoms with Gasteiger partial charge in [-0.15, -0.1) is 0 Å². The molecule has 1 aromatic heterocycles. The molecule has 0 fully saturated rings. The second kappa shape index (κ2) is 5.72. The van der Waals surface area contributed by atoms with E-state index in [9.17, 15) is 23.1 Å². The number of aromatic nitrogens is 2. The number of aliphatic hydroxyl groups is 1. The van der Waals surface area contributed by atoms with E-state index in [-0.39, 0.29) is 12.4 Å². The van der Waals surface area contributed by atoms with Crippen molar-refractivity contribution in [2.75, 3.05) is 6.54 Å². The fourth-order valence-corrected chi connectivity index (χ4v) is 1.98. The summed E-state index contributed by atoms with van der Waals surface area (Å²) in [6.45, 7) is -0.245. The van der Waals surface area contributed by atoms with Crippen LogP contribution in [0, 0.1) is 0 Å². The molecule has 0 aliphatic heterocycles. The van der Waals surface area contributed by atoms with Crippen LogP contribution in [-0.2, 0) is 11.3 Å². The number of carbonyl (C=O) groups is 1. The Bertz CT molecular complexity index is 650. The Labute approximate surface area is 118 Å². The molecule has 1 heterocycles. The molecule has 5 nitrogen and oxygen atoms in total.